The molecule has 2 heterocycles. The third kappa shape index (κ3) is 1.61. The van der Waals surface area contributed by atoms with Gasteiger partial charge in [0.05, 0.1) is 19.3 Å². The third-order valence-corrected chi connectivity index (χ3v) is 2.71. The largest absolute Gasteiger partial charge is 0.378 e. The molecule has 1 fully saturated rings. The van der Waals surface area contributed by atoms with Gasteiger partial charge in [0.1, 0.15) is 0 Å². The van der Waals surface area contributed by atoms with Crippen LogP contribution in [0.25, 0.3) is 0 Å². The fraction of sp³-hybridized carbons (Fsp3) is 0.500. The van der Waals surface area contributed by atoms with Crippen molar-refractivity contribution in [3.63, 3.8) is 0 Å². The molecule has 1 aromatic heterocycles. The number of rotatable bonds is 1. The molecule has 0 spiro atoms. The summed E-state index contributed by atoms with van der Waals surface area (Å²) in [6, 6.07) is 4.49. The van der Waals surface area contributed by atoms with Gasteiger partial charge in [-0.1, -0.05) is 6.07 Å². The highest BCUT2D eigenvalue weighted by atomic mass is 32.1. The van der Waals surface area contributed by atoms with Crippen LogP contribution in [0.3, 0.4) is 0 Å². The molecule has 0 amide bonds. The van der Waals surface area contributed by atoms with E-state index in [0.717, 1.165) is 19.8 Å². The Labute approximate surface area is 70.2 Å². The van der Waals surface area contributed by atoms with Gasteiger partial charge in [0.25, 0.3) is 0 Å². The van der Waals surface area contributed by atoms with Crippen LogP contribution in [0.15, 0.2) is 17.5 Å². The first-order valence-electron chi connectivity index (χ1n) is 3.74. The second-order valence-corrected chi connectivity index (χ2v) is 3.49. The van der Waals surface area contributed by atoms with Gasteiger partial charge >= 0.3 is 0 Å². The molecule has 1 unspecified atom stereocenters. The van der Waals surface area contributed by atoms with Crippen molar-refractivity contribution >= 4 is 11.3 Å². The normalized spacial score (nSPS) is 25.3. The van der Waals surface area contributed by atoms with E-state index >= 15 is 0 Å². The number of thiophene rings is 1. The minimum absolute atomic E-state index is 0.309. The van der Waals surface area contributed by atoms with Crippen molar-refractivity contribution in [1.82, 2.24) is 5.32 Å². The van der Waals surface area contributed by atoms with E-state index in [0.29, 0.717) is 6.04 Å². The molecule has 3 heteroatoms. The summed E-state index contributed by atoms with van der Waals surface area (Å²) < 4.78 is 5.32. The zero-order chi connectivity index (χ0) is 7.52. The van der Waals surface area contributed by atoms with Crippen LogP contribution < -0.4 is 5.32 Å². The van der Waals surface area contributed by atoms with E-state index in [2.05, 4.69) is 22.8 Å². The maximum atomic E-state index is 5.32. The van der Waals surface area contributed by atoms with Crippen LogP contribution in [0, 0.1) is 0 Å². The van der Waals surface area contributed by atoms with Gasteiger partial charge in [-0.25, -0.2) is 5.32 Å². The summed E-state index contributed by atoms with van der Waals surface area (Å²) in [7, 11) is 0. The average Bonchev–Trinajstić information content (AvgIpc) is 2.58. The Morgan fingerprint density at radius 3 is 3.27 bits per heavy atom. The van der Waals surface area contributed by atoms with E-state index in [1.165, 1.54) is 4.88 Å². The standard InChI is InChI=1S/C8H10NOS/c1-2-8(11-5-1)7-6-10-4-3-9-7/h1-2,5,7H,3-4,6H2. The Morgan fingerprint density at radius 1 is 1.64 bits per heavy atom. The smallest absolute Gasteiger partial charge is 0.0822 e. The van der Waals surface area contributed by atoms with E-state index in [1.807, 2.05) is 0 Å². The van der Waals surface area contributed by atoms with Crippen molar-refractivity contribution in [2.75, 3.05) is 19.8 Å². The molecule has 0 N–H and O–H groups in total. The van der Waals surface area contributed by atoms with Gasteiger partial charge in [0.15, 0.2) is 0 Å². The first kappa shape index (κ1) is 7.28. The van der Waals surface area contributed by atoms with E-state index in [9.17, 15) is 0 Å². The van der Waals surface area contributed by atoms with Gasteiger partial charge in [-0.2, -0.15) is 0 Å². The Morgan fingerprint density at radius 2 is 2.64 bits per heavy atom. The minimum Gasteiger partial charge on any atom is -0.378 e. The molecule has 0 bridgehead atoms. The van der Waals surface area contributed by atoms with Crippen molar-refractivity contribution in [1.29, 1.82) is 0 Å². The van der Waals surface area contributed by atoms with E-state index < -0.39 is 0 Å². The van der Waals surface area contributed by atoms with E-state index in [1.54, 1.807) is 11.3 Å². The molecule has 2 nitrogen and oxygen atoms in total. The highest BCUT2D eigenvalue weighted by molar-refractivity contribution is 7.10. The monoisotopic (exact) mass is 168 g/mol. The van der Waals surface area contributed by atoms with Crippen LogP contribution in [0.5, 0.6) is 0 Å². The predicted molar refractivity (Wildman–Crippen MR) is 44.9 cm³/mol. The van der Waals surface area contributed by atoms with Crippen LogP contribution in [0.2, 0.25) is 0 Å². The van der Waals surface area contributed by atoms with Crippen LogP contribution in [0.1, 0.15) is 10.9 Å². The number of hydrogen-bond acceptors (Lipinski definition) is 2. The van der Waals surface area contributed by atoms with Crippen molar-refractivity contribution in [2.45, 2.75) is 6.04 Å². The maximum absolute atomic E-state index is 5.32. The van der Waals surface area contributed by atoms with Crippen molar-refractivity contribution in [3.05, 3.63) is 22.4 Å². The van der Waals surface area contributed by atoms with E-state index in [4.69, 9.17) is 4.74 Å². The van der Waals surface area contributed by atoms with Gasteiger partial charge in [0.2, 0.25) is 0 Å². The lowest BCUT2D eigenvalue weighted by atomic mass is 10.2. The Kier molecular flexibility index (Phi) is 2.21. The molecule has 59 valence electrons. The summed E-state index contributed by atoms with van der Waals surface area (Å²) in [6.45, 7) is 2.41. The van der Waals surface area contributed by atoms with Crippen LogP contribution in [-0.2, 0) is 4.74 Å². The lowest BCUT2D eigenvalue weighted by molar-refractivity contribution is 0.0756. The molecular formula is C8H10NOS. The predicted octanol–water partition coefficient (Wildman–Crippen LogP) is 1.42. The maximum Gasteiger partial charge on any atom is 0.0822 e. The summed E-state index contributed by atoms with van der Waals surface area (Å²) in [5, 5.41) is 6.54. The molecule has 11 heavy (non-hydrogen) atoms. The Balaban J connectivity index is 2.04. The first-order valence-corrected chi connectivity index (χ1v) is 4.62. The summed E-state index contributed by atoms with van der Waals surface area (Å²) in [5.41, 5.74) is 0. The molecule has 2 rings (SSSR count). The lowest BCUT2D eigenvalue weighted by Gasteiger charge is -2.20. The molecule has 1 aliphatic heterocycles. The molecule has 0 saturated carbocycles. The number of nitrogens with zero attached hydrogens (tertiary/aromatic N) is 1. The zero-order valence-corrected chi connectivity index (χ0v) is 7.01. The summed E-state index contributed by atoms with van der Waals surface area (Å²) in [6.07, 6.45) is 0. The lowest BCUT2D eigenvalue weighted by Crippen LogP contribution is -2.28. The SMILES string of the molecule is c1csc(C2COCC[N]2)c1. The van der Waals surface area contributed by atoms with Gasteiger partial charge < -0.3 is 4.74 Å². The van der Waals surface area contributed by atoms with Gasteiger partial charge in [0, 0.05) is 11.4 Å². The fourth-order valence-corrected chi connectivity index (χ4v) is 1.94. The van der Waals surface area contributed by atoms with Gasteiger partial charge in [-0.05, 0) is 11.4 Å². The van der Waals surface area contributed by atoms with Gasteiger partial charge in [-0.3, -0.25) is 0 Å². The summed E-state index contributed by atoms with van der Waals surface area (Å²) in [4.78, 5) is 1.32. The molecule has 1 atom stereocenters. The molecule has 0 aliphatic carbocycles. The zero-order valence-electron chi connectivity index (χ0n) is 6.19. The fourth-order valence-electron chi connectivity index (χ4n) is 1.17. The van der Waals surface area contributed by atoms with Gasteiger partial charge in [-0.15, -0.1) is 11.3 Å². The highest BCUT2D eigenvalue weighted by Gasteiger charge is 2.16. The van der Waals surface area contributed by atoms with Crippen LogP contribution in [0.4, 0.5) is 0 Å². The number of ether oxygens (including phenoxy) is 1. The Bertz CT molecular complexity index is 204. The summed E-state index contributed by atoms with van der Waals surface area (Å²) in [5.74, 6) is 0. The first-order chi connectivity index (χ1) is 5.47. The number of hydrogen-bond donors (Lipinski definition) is 0. The molecule has 1 radical (unpaired) electrons. The van der Waals surface area contributed by atoms with E-state index in [-0.39, 0.29) is 0 Å². The van der Waals surface area contributed by atoms with Crippen LogP contribution in [-0.4, -0.2) is 19.8 Å². The average molecular weight is 168 g/mol. The Hall–Kier alpha value is -0.380. The van der Waals surface area contributed by atoms with Crippen molar-refractivity contribution in [2.24, 2.45) is 0 Å². The molecular weight excluding hydrogens is 158 g/mol. The number of morpholine rings is 1. The molecule has 1 aromatic rings. The third-order valence-electron chi connectivity index (χ3n) is 1.73. The molecule has 1 aliphatic rings. The topological polar surface area (TPSA) is 23.3 Å². The second kappa shape index (κ2) is 3.34. The van der Waals surface area contributed by atoms with Crippen molar-refractivity contribution in [3.8, 4) is 0 Å². The second-order valence-electron chi connectivity index (χ2n) is 2.51. The van der Waals surface area contributed by atoms with Crippen molar-refractivity contribution < 1.29 is 4.74 Å². The quantitative estimate of drug-likeness (QED) is 0.622. The summed E-state index contributed by atoms with van der Waals surface area (Å²) >= 11 is 1.76. The highest BCUT2D eigenvalue weighted by Crippen LogP contribution is 2.21. The minimum atomic E-state index is 0.309. The molecule has 1 saturated heterocycles. The molecule has 0 aromatic carbocycles. The van der Waals surface area contributed by atoms with Crippen LogP contribution >= 0.6 is 11.3 Å².